The van der Waals surface area contributed by atoms with Gasteiger partial charge in [-0.25, -0.2) is 4.39 Å². The van der Waals surface area contributed by atoms with Gasteiger partial charge >= 0.3 is 0 Å². The molecule has 0 saturated carbocycles. The van der Waals surface area contributed by atoms with E-state index in [1.54, 1.807) is 18.2 Å². The van der Waals surface area contributed by atoms with Gasteiger partial charge in [-0.3, -0.25) is 0 Å². The molecule has 2 nitrogen and oxygen atoms in total. The summed E-state index contributed by atoms with van der Waals surface area (Å²) in [6, 6.07) is 12.5. The van der Waals surface area contributed by atoms with Crippen molar-refractivity contribution >= 4 is 0 Å². The van der Waals surface area contributed by atoms with Gasteiger partial charge in [0.1, 0.15) is 11.6 Å². The van der Waals surface area contributed by atoms with Crippen LogP contribution in [-0.4, -0.2) is 5.11 Å². The molecule has 0 radical (unpaired) electrons. The molecule has 2 rings (SSSR count). The van der Waals surface area contributed by atoms with Crippen molar-refractivity contribution < 1.29 is 9.50 Å². The minimum absolute atomic E-state index is 0.0442. The van der Waals surface area contributed by atoms with Crippen LogP contribution < -0.4 is 0 Å². The lowest BCUT2D eigenvalue weighted by atomic mass is 10.0. The predicted molar refractivity (Wildman–Crippen MR) is 58.2 cm³/mol. The molecule has 0 aliphatic rings. The lowest BCUT2D eigenvalue weighted by molar-refractivity contribution is 0.475. The first-order chi connectivity index (χ1) is 7.70. The number of hydrogen-bond acceptors (Lipinski definition) is 2. The summed E-state index contributed by atoms with van der Waals surface area (Å²) in [6.07, 6.45) is 0. The Kier molecular flexibility index (Phi) is 2.57. The number of nitrogens with zero attached hydrogens (tertiary/aromatic N) is 1. The summed E-state index contributed by atoms with van der Waals surface area (Å²) in [4.78, 5) is 0. The fourth-order valence-corrected chi connectivity index (χ4v) is 1.53. The van der Waals surface area contributed by atoms with E-state index in [-0.39, 0.29) is 11.6 Å². The summed E-state index contributed by atoms with van der Waals surface area (Å²) >= 11 is 0. The quantitative estimate of drug-likeness (QED) is 0.791. The van der Waals surface area contributed by atoms with Gasteiger partial charge in [-0.1, -0.05) is 18.2 Å². The number of benzene rings is 2. The van der Waals surface area contributed by atoms with Gasteiger partial charge in [-0.15, -0.1) is 0 Å². The first-order valence-corrected chi connectivity index (χ1v) is 4.70. The largest absolute Gasteiger partial charge is 0.508 e. The fraction of sp³-hybridized carbons (Fsp3) is 0. The zero-order valence-corrected chi connectivity index (χ0v) is 8.31. The van der Waals surface area contributed by atoms with E-state index in [1.165, 1.54) is 24.3 Å². The van der Waals surface area contributed by atoms with E-state index in [0.29, 0.717) is 16.7 Å². The van der Waals surface area contributed by atoms with Crippen LogP contribution in [0.25, 0.3) is 11.1 Å². The van der Waals surface area contributed by atoms with Gasteiger partial charge in [-0.05, 0) is 29.8 Å². The first kappa shape index (κ1) is 10.2. The third-order valence-corrected chi connectivity index (χ3v) is 2.23. The number of rotatable bonds is 1. The number of hydrogen-bond donors (Lipinski definition) is 1. The minimum Gasteiger partial charge on any atom is -0.508 e. The summed E-state index contributed by atoms with van der Waals surface area (Å²) in [5.41, 5.74) is 1.17. The summed E-state index contributed by atoms with van der Waals surface area (Å²) in [5, 5.41) is 18.2. The third kappa shape index (κ3) is 1.86. The SMILES string of the molecule is N#Cc1cc(O)cc(-c2ccccc2F)c1. The van der Waals surface area contributed by atoms with E-state index in [9.17, 15) is 9.50 Å². The van der Waals surface area contributed by atoms with Crippen LogP contribution in [0.5, 0.6) is 5.75 Å². The van der Waals surface area contributed by atoms with E-state index < -0.39 is 0 Å². The standard InChI is InChI=1S/C13H8FNO/c14-13-4-2-1-3-12(13)10-5-9(8-15)6-11(16)7-10/h1-7,16H. The Morgan fingerprint density at radius 2 is 1.88 bits per heavy atom. The van der Waals surface area contributed by atoms with Crippen LogP contribution in [0.1, 0.15) is 5.56 Å². The molecule has 0 spiro atoms. The smallest absolute Gasteiger partial charge is 0.131 e. The molecule has 0 unspecified atom stereocenters. The zero-order chi connectivity index (χ0) is 11.5. The normalized spacial score (nSPS) is 9.75. The summed E-state index contributed by atoms with van der Waals surface area (Å²) in [5.74, 6) is -0.422. The Hall–Kier alpha value is -2.34. The third-order valence-electron chi connectivity index (χ3n) is 2.23. The molecule has 0 fully saturated rings. The monoisotopic (exact) mass is 213 g/mol. The summed E-state index contributed by atoms with van der Waals surface area (Å²) < 4.78 is 13.5. The van der Waals surface area contributed by atoms with E-state index in [4.69, 9.17) is 5.26 Å². The lowest BCUT2D eigenvalue weighted by Crippen LogP contribution is -1.85. The van der Waals surface area contributed by atoms with Crippen LogP contribution in [0.3, 0.4) is 0 Å². The Bertz CT molecular complexity index is 572. The molecule has 0 saturated heterocycles. The summed E-state index contributed by atoms with van der Waals surface area (Å²) in [6.45, 7) is 0. The van der Waals surface area contributed by atoms with Gasteiger partial charge in [0.15, 0.2) is 0 Å². The van der Waals surface area contributed by atoms with Gasteiger partial charge in [0.2, 0.25) is 0 Å². The molecule has 0 aliphatic carbocycles. The average molecular weight is 213 g/mol. The van der Waals surface area contributed by atoms with Crippen molar-refractivity contribution in [3.05, 3.63) is 53.8 Å². The van der Waals surface area contributed by atoms with E-state index in [0.717, 1.165) is 0 Å². The number of aromatic hydroxyl groups is 1. The highest BCUT2D eigenvalue weighted by Crippen LogP contribution is 2.27. The van der Waals surface area contributed by atoms with Crippen LogP contribution in [-0.2, 0) is 0 Å². The van der Waals surface area contributed by atoms with Crippen molar-refractivity contribution in [1.29, 1.82) is 5.26 Å². The molecule has 0 bridgehead atoms. The topological polar surface area (TPSA) is 44.0 Å². The molecule has 0 heterocycles. The molecule has 0 atom stereocenters. The second-order valence-electron chi connectivity index (χ2n) is 3.36. The average Bonchev–Trinajstić information content (AvgIpc) is 2.28. The molecular weight excluding hydrogens is 205 g/mol. The number of phenolic OH excluding ortho intramolecular Hbond substituents is 1. The maximum absolute atomic E-state index is 13.5. The first-order valence-electron chi connectivity index (χ1n) is 4.70. The molecule has 3 heteroatoms. The number of nitriles is 1. The van der Waals surface area contributed by atoms with Crippen molar-refractivity contribution in [1.82, 2.24) is 0 Å². The highest BCUT2D eigenvalue weighted by molar-refractivity contribution is 5.67. The van der Waals surface area contributed by atoms with E-state index in [2.05, 4.69) is 0 Å². The van der Waals surface area contributed by atoms with Crippen molar-refractivity contribution in [2.75, 3.05) is 0 Å². The fourth-order valence-electron chi connectivity index (χ4n) is 1.53. The van der Waals surface area contributed by atoms with Gasteiger partial charge in [0.25, 0.3) is 0 Å². The van der Waals surface area contributed by atoms with Crippen molar-refractivity contribution in [2.45, 2.75) is 0 Å². The van der Waals surface area contributed by atoms with Crippen molar-refractivity contribution in [3.63, 3.8) is 0 Å². The Morgan fingerprint density at radius 1 is 1.12 bits per heavy atom. The maximum Gasteiger partial charge on any atom is 0.131 e. The van der Waals surface area contributed by atoms with Crippen LogP contribution in [0.15, 0.2) is 42.5 Å². The molecule has 0 aliphatic heterocycles. The second-order valence-corrected chi connectivity index (χ2v) is 3.36. The molecule has 1 N–H and O–H groups in total. The highest BCUT2D eigenvalue weighted by atomic mass is 19.1. The zero-order valence-electron chi connectivity index (χ0n) is 8.31. The molecular formula is C13H8FNO. The number of phenols is 1. The lowest BCUT2D eigenvalue weighted by Gasteiger charge is -2.04. The Morgan fingerprint density at radius 3 is 2.56 bits per heavy atom. The van der Waals surface area contributed by atoms with Crippen molar-refractivity contribution in [3.8, 4) is 22.9 Å². The van der Waals surface area contributed by atoms with Gasteiger partial charge in [-0.2, -0.15) is 5.26 Å². The van der Waals surface area contributed by atoms with Crippen LogP contribution in [0, 0.1) is 17.1 Å². The van der Waals surface area contributed by atoms with E-state index >= 15 is 0 Å². The van der Waals surface area contributed by atoms with E-state index in [1.807, 2.05) is 6.07 Å². The van der Waals surface area contributed by atoms with Gasteiger partial charge in [0.05, 0.1) is 11.6 Å². The predicted octanol–water partition coefficient (Wildman–Crippen LogP) is 3.07. The highest BCUT2D eigenvalue weighted by Gasteiger charge is 2.06. The molecule has 16 heavy (non-hydrogen) atoms. The van der Waals surface area contributed by atoms with Gasteiger partial charge < -0.3 is 5.11 Å². The molecule has 0 aromatic heterocycles. The van der Waals surface area contributed by atoms with Crippen molar-refractivity contribution in [2.24, 2.45) is 0 Å². The second kappa shape index (κ2) is 4.03. The van der Waals surface area contributed by atoms with Crippen LogP contribution in [0.4, 0.5) is 4.39 Å². The minimum atomic E-state index is -0.378. The molecule has 0 amide bonds. The van der Waals surface area contributed by atoms with Gasteiger partial charge in [0, 0.05) is 5.56 Å². The number of halogens is 1. The van der Waals surface area contributed by atoms with Crippen LogP contribution in [0.2, 0.25) is 0 Å². The molecule has 2 aromatic carbocycles. The summed E-state index contributed by atoms with van der Waals surface area (Å²) in [7, 11) is 0. The molecule has 78 valence electrons. The maximum atomic E-state index is 13.5. The van der Waals surface area contributed by atoms with Crippen LogP contribution >= 0.6 is 0 Å². The Balaban J connectivity index is 2.61. The Labute approximate surface area is 92.2 Å². The molecule has 2 aromatic rings.